The first-order valence-electron chi connectivity index (χ1n) is 10.3. The van der Waals surface area contributed by atoms with Crippen molar-refractivity contribution < 1.29 is 19.4 Å². The molecule has 0 bridgehead atoms. The standard InChI is InChI=1S/C24H26N2O4/c1-17-22(16-30-24(28)26-13-11-19(27)12-14-26)25-21-10-6-5-9-20(21)23(17)29-15-18-7-3-2-4-8-18/h2-10,19,27H,11-16H2,1H3. The van der Waals surface area contributed by atoms with E-state index in [0.717, 1.165) is 27.8 Å². The summed E-state index contributed by atoms with van der Waals surface area (Å²) in [7, 11) is 0. The number of rotatable bonds is 5. The van der Waals surface area contributed by atoms with E-state index in [9.17, 15) is 9.90 Å². The summed E-state index contributed by atoms with van der Waals surface area (Å²) < 4.78 is 11.7. The molecule has 4 rings (SSSR count). The highest BCUT2D eigenvalue weighted by molar-refractivity contribution is 5.86. The number of para-hydroxylation sites is 1. The van der Waals surface area contributed by atoms with E-state index in [1.165, 1.54) is 0 Å². The van der Waals surface area contributed by atoms with Crippen molar-refractivity contribution in [2.45, 2.75) is 39.1 Å². The van der Waals surface area contributed by atoms with Gasteiger partial charge in [-0.3, -0.25) is 0 Å². The molecule has 30 heavy (non-hydrogen) atoms. The summed E-state index contributed by atoms with van der Waals surface area (Å²) in [6.07, 6.45) is 0.463. The Kier molecular flexibility index (Phi) is 6.14. The van der Waals surface area contributed by atoms with E-state index in [1.54, 1.807) is 4.90 Å². The number of fused-ring (bicyclic) bond motifs is 1. The molecule has 0 radical (unpaired) electrons. The largest absolute Gasteiger partial charge is 0.488 e. The first kappa shape index (κ1) is 20.2. The van der Waals surface area contributed by atoms with Gasteiger partial charge in [-0.1, -0.05) is 42.5 Å². The van der Waals surface area contributed by atoms with Crippen molar-refractivity contribution in [1.82, 2.24) is 9.88 Å². The first-order chi connectivity index (χ1) is 14.6. The van der Waals surface area contributed by atoms with Crippen molar-refractivity contribution in [3.8, 4) is 5.75 Å². The van der Waals surface area contributed by atoms with Crippen LogP contribution < -0.4 is 4.74 Å². The van der Waals surface area contributed by atoms with Gasteiger partial charge in [0.25, 0.3) is 0 Å². The van der Waals surface area contributed by atoms with Crippen molar-refractivity contribution in [3.63, 3.8) is 0 Å². The van der Waals surface area contributed by atoms with Gasteiger partial charge in [0.15, 0.2) is 0 Å². The van der Waals surface area contributed by atoms with E-state index < -0.39 is 0 Å². The zero-order valence-corrected chi connectivity index (χ0v) is 17.1. The number of likely N-dealkylation sites (tertiary alicyclic amines) is 1. The fourth-order valence-electron chi connectivity index (χ4n) is 3.65. The molecule has 6 heteroatoms. The molecule has 1 N–H and O–H groups in total. The molecular formula is C24H26N2O4. The maximum absolute atomic E-state index is 12.4. The van der Waals surface area contributed by atoms with Gasteiger partial charge in [0.05, 0.1) is 17.3 Å². The van der Waals surface area contributed by atoms with Crippen LogP contribution in [-0.4, -0.2) is 40.3 Å². The molecule has 1 aliphatic rings. The van der Waals surface area contributed by atoms with Crippen LogP contribution in [0.1, 0.15) is 29.7 Å². The van der Waals surface area contributed by atoms with Crippen molar-refractivity contribution in [3.05, 3.63) is 71.4 Å². The summed E-state index contributed by atoms with van der Waals surface area (Å²) in [5, 5.41) is 10.6. The number of pyridine rings is 1. The van der Waals surface area contributed by atoms with E-state index in [2.05, 4.69) is 0 Å². The van der Waals surface area contributed by atoms with E-state index in [1.807, 2.05) is 61.5 Å². The lowest BCUT2D eigenvalue weighted by atomic mass is 10.1. The number of benzene rings is 2. The monoisotopic (exact) mass is 406 g/mol. The lowest BCUT2D eigenvalue weighted by molar-refractivity contribution is 0.0554. The molecule has 0 unspecified atom stereocenters. The topological polar surface area (TPSA) is 71.9 Å². The summed E-state index contributed by atoms with van der Waals surface area (Å²) >= 11 is 0. The van der Waals surface area contributed by atoms with Gasteiger partial charge in [0, 0.05) is 24.0 Å². The molecule has 1 aromatic heterocycles. The van der Waals surface area contributed by atoms with Crippen molar-refractivity contribution in [2.24, 2.45) is 0 Å². The third-order valence-corrected chi connectivity index (χ3v) is 5.46. The van der Waals surface area contributed by atoms with Crippen molar-refractivity contribution in [2.75, 3.05) is 13.1 Å². The highest BCUT2D eigenvalue weighted by Gasteiger charge is 2.23. The maximum Gasteiger partial charge on any atom is 0.410 e. The van der Waals surface area contributed by atoms with E-state index >= 15 is 0 Å². The molecular weight excluding hydrogens is 380 g/mol. The summed E-state index contributed by atoms with van der Waals surface area (Å²) in [6.45, 7) is 3.49. The molecule has 1 saturated heterocycles. The predicted molar refractivity (Wildman–Crippen MR) is 114 cm³/mol. The Morgan fingerprint density at radius 1 is 1.07 bits per heavy atom. The lowest BCUT2D eigenvalue weighted by Crippen LogP contribution is -2.40. The SMILES string of the molecule is Cc1c(COC(=O)N2CCC(O)CC2)nc2ccccc2c1OCc1ccccc1. The van der Waals surface area contributed by atoms with Gasteiger partial charge in [-0.15, -0.1) is 0 Å². The minimum absolute atomic E-state index is 0.0796. The van der Waals surface area contributed by atoms with Crippen LogP contribution in [0.5, 0.6) is 5.75 Å². The van der Waals surface area contributed by atoms with Crippen LogP contribution >= 0.6 is 0 Å². The van der Waals surface area contributed by atoms with E-state index in [0.29, 0.717) is 38.2 Å². The number of piperidine rings is 1. The van der Waals surface area contributed by atoms with Gasteiger partial charge < -0.3 is 19.5 Å². The third-order valence-electron chi connectivity index (χ3n) is 5.46. The summed E-state index contributed by atoms with van der Waals surface area (Å²) in [6, 6.07) is 17.8. The normalized spacial score (nSPS) is 14.7. The number of hydrogen-bond donors (Lipinski definition) is 1. The Morgan fingerprint density at radius 3 is 2.53 bits per heavy atom. The van der Waals surface area contributed by atoms with Crippen LogP contribution in [0, 0.1) is 6.92 Å². The minimum Gasteiger partial charge on any atom is -0.488 e. The Hall–Kier alpha value is -3.12. The molecule has 2 heterocycles. The molecule has 1 fully saturated rings. The quantitative estimate of drug-likeness (QED) is 0.687. The van der Waals surface area contributed by atoms with E-state index in [4.69, 9.17) is 14.5 Å². The lowest BCUT2D eigenvalue weighted by Gasteiger charge is -2.28. The van der Waals surface area contributed by atoms with Crippen molar-refractivity contribution >= 4 is 17.0 Å². The number of ether oxygens (including phenoxy) is 2. The number of carbonyl (C=O) groups excluding carboxylic acids is 1. The highest BCUT2D eigenvalue weighted by atomic mass is 16.6. The van der Waals surface area contributed by atoms with Gasteiger partial charge >= 0.3 is 6.09 Å². The highest BCUT2D eigenvalue weighted by Crippen LogP contribution is 2.31. The van der Waals surface area contributed by atoms with Crippen LogP contribution in [0.3, 0.4) is 0 Å². The Labute approximate surface area is 176 Å². The third kappa shape index (κ3) is 4.54. The zero-order chi connectivity index (χ0) is 20.9. The van der Waals surface area contributed by atoms with Gasteiger partial charge in [0.2, 0.25) is 0 Å². The Balaban J connectivity index is 1.53. The van der Waals surface area contributed by atoms with Crippen molar-refractivity contribution in [1.29, 1.82) is 0 Å². The number of nitrogens with zero attached hydrogens (tertiary/aromatic N) is 2. The number of carbonyl (C=O) groups is 1. The number of hydrogen-bond acceptors (Lipinski definition) is 5. The summed E-state index contributed by atoms with van der Waals surface area (Å²) in [4.78, 5) is 18.8. The summed E-state index contributed by atoms with van der Waals surface area (Å²) in [5.41, 5.74) is 3.44. The van der Waals surface area contributed by atoms with Crippen LogP contribution in [0.15, 0.2) is 54.6 Å². The fourth-order valence-corrected chi connectivity index (χ4v) is 3.65. The molecule has 0 atom stereocenters. The average molecular weight is 406 g/mol. The minimum atomic E-state index is -0.372. The number of aliphatic hydroxyl groups is 1. The second-order valence-electron chi connectivity index (χ2n) is 7.58. The predicted octanol–water partition coefficient (Wildman–Crippen LogP) is 4.22. The molecule has 0 aliphatic carbocycles. The zero-order valence-electron chi connectivity index (χ0n) is 17.1. The van der Waals surface area contributed by atoms with Crippen LogP contribution in [0.25, 0.3) is 10.9 Å². The summed E-state index contributed by atoms with van der Waals surface area (Å²) in [5.74, 6) is 0.761. The Morgan fingerprint density at radius 2 is 1.77 bits per heavy atom. The van der Waals surface area contributed by atoms with Gasteiger partial charge in [0.1, 0.15) is 19.0 Å². The molecule has 6 nitrogen and oxygen atoms in total. The number of amides is 1. The molecule has 1 aliphatic heterocycles. The molecule has 0 spiro atoms. The average Bonchev–Trinajstić information content (AvgIpc) is 2.78. The smallest absolute Gasteiger partial charge is 0.410 e. The number of aromatic nitrogens is 1. The Bertz CT molecular complexity index is 1010. The van der Waals surface area contributed by atoms with Gasteiger partial charge in [-0.25, -0.2) is 9.78 Å². The first-order valence-corrected chi connectivity index (χ1v) is 10.3. The second kappa shape index (κ2) is 9.13. The molecule has 3 aromatic rings. The van der Waals surface area contributed by atoms with Gasteiger partial charge in [-0.05, 0) is 37.5 Å². The number of aliphatic hydroxyl groups excluding tert-OH is 1. The van der Waals surface area contributed by atoms with E-state index in [-0.39, 0.29) is 18.8 Å². The van der Waals surface area contributed by atoms with Gasteiger partial charge in [-0.2, -0.15) is 0 Å². The van der Waals surface area contributed by atoms with Crippen LogP contribution in [-0.2, 0) is 18.0 Å². The fraction of sp³-hybridized carbons (Fsp3) is 0.333. The second-order valence-corrected chi connectivity index (χ2v) is 7.58. The van der Waals surface area contributed by atoms with Crippen LogP contribution in [0.2, 0.25) is 0 Å². The molecule has 2 aromatic carbocycles. The molecule has 1 amide bonds. The van der Waals surface area contributed by atoms with Crippen LogP contribution in [0.4, 0.5) is 4.79 Å². The maximum atomic E-state index is 12.4. The molecule has 156 valence electrons. The molecule has 0 saturated carbocycles.